The monoisotopic (exact) mass is 520 g/mol. The molecule has 3 aromatic carbocycles. The number of benzene rings is 3. The fourth-order valence-corrected chi connectivity index (χ4v) is 5.62. The molecule has 2 nitrogen and oxygen atoms in total. The van der Waals surface area contributed by atoms with Crippen molar-refractivity contribution in [2.75, 3.05) is 9.80 Å². The molecule has 3 aromatic rings. The van der Waals surface area contributed by atoms with E-state index < -0.39 is 0 Å². The van der Waals surface area contributed by atoms with Crippen molar-refractivity contribution >= 4 is 23.1 Å². The molecule has 0 aromatic heterocycles. The van der Waals surface area contributed by atoms with Gasteiger partial charge in [0, 0.05) is 28.5 Å². The summed E-state index contributed by atoms with van der Waals surface area (Å²) in [7, 11) is 0. The van der Waals surface area contributed by atoms with Crippen LogP contribution in [0, 0.1) is 0 Å². The van der Waals surface area contributed by atoms with Crippen LogP contribution in [0.2, 0.25) is 0 Å². The average molecular weight is 521 g/mol. The molecule has 0 saturated carbocycles. The second kappa shape index (κ2) is 12.5. The molecule has 0 radical (unpaired) electrons. The van der Waals surface area contributed by atoms with Crippen molar-refractivity contribution in [3.63, 3.8) is 0 Å². The van der Waals surface area contributed by atoms with Crippen LogP contribution < -0.4 is 9.80 Å². The van der Waals surface area contributed by atoms with Gasteiger partial charge in [-0.2, -0.15) is 0 Å². The van der Waals surface area contributed by atoms with E-state index in [0.29, 0.717) is 6.04 Å². The predicted octanol–water partition coefficient (Wildman–Crippen LogP) is 10.1. The third-order valence-electron chi connectivity index (χ3n) is 7.68. The van der Waals surface area contributed by atoms with Gasteiger partial charge < -0.3 is 9.80 Å². The maximum absolute atomic E-state index is 2.48. The van der Waals surface area contributed by atoms with Crippen molar-refractivity contribution in [2.45, 2.75) is 38.1 Å². The summed E-state index contributed by atoms with van der Waals surface area (Å²) in [5.74, 6) is 0. The van der Waals surface area contributed by atoms with Crippen molar-refractivity contribution in [1.29, 1.82) is 0 Å². The second-order valence-corrected chi connectivity index (χ2v) is 10.4. The highest BCUT2D eigenvalue weighted by molar-refractivity contribution is 5.69. The summed E-state index contributed by atoms with van der Waals surface area (Å²) in [5.41, 5.74) is 8.83. The third kappa shape index (κ3) is 6.02. The lowest BCUT2D eigenvalue weighted by atomic mass is 9.99. The Balaban J connectivity index is 1.19. The number of allylic oxidation sites excluding steroid dienone is 10. The van der Waals surface area contributed by atoms with Gasteiger partial charge in [0.15, 0.2) is 0 Å². The highest BCUT2D eigenvalue weighted by atomic mass is 15.2. The Morgan fingerprint density at radius 3 is 2.00 bits per heavy atom. The van der Waals surface area contributed by atoms with Gasteiger partial charge in [-0.25, -0.2) is 0 Å². The molecule has 0 aliphatic heterocycles. The van der Waals surface area contributed by atoms with E-state index in [9.17, 15) is 0 Å². The largest absolute Gasteiger partial charge is 0.335 e. The van der Waals surface area contributed by atoms with E-state index >= 15 is 0 Å². The van der Waals surface area contributed by atoms with E-state index in [4.69, 9.17) is 0 Å². The Kier molecular flexibility index (Phi) is 8.05. The van der Waals surface area contributed by atoms with Crippen LogP contribution in [0.5, 0.6) is 0 Å². The topological polar surface area (TPSA) is 6.48 Å². The highest BCUT2D eigenvalue weighted by Crippen LogP contribution is 2.34. The van der Waals surface area contributed by atoms with E-state index in [1.807, 2.05) is 0 Å². The minimum atomic E-state index is 0.347. The molecule has 0 fully saturated rings. The van der Waals surface area contributed by atoms with Gasteiger partial charge in [-0.1, -0.05) is 103 Å². The zero-order chi connectivity index (χ0) is 27.0. The van der Waals surface area contributed by atoms with E-state index in [2.05, 4.69) is 162 Å². The van der Waals surface area contributed by atoms with Crippen LogP contribution in [-0.2, 0) is 0 Å². The van der Waals surface area contributed by atoms with Gasteiger partial charge in [-0.05, 0) is 91.8 Å². The normalized spacial score (nSPS) is 18.3. The van der Waals surface area contributed by atoms with Crippen LogP contribution in [-0.4, -0.2) is 6.04 Å². The molecule has 1 unspecified atom stereocenters. The van der Waals surface area contributed by atoms with Gasteiger partial charge in [-0.3, -0.25) is 0 Å². The fourth-order valence-electron chi connectivity index (χ4n) is 5.62. The SMILES string of the molecule is C1=CCC(N(C2=CCCC=C2)c2ccc(/C=C/C3=CC=C(N(c4ccccc4)c4ccccc4)CC3)cc2)C=C1. The second-order valence-electron chi connectivity index (χ2n) is 10.4. The van der Waals surface area contributed by atoms with Gasteiger partial charge in [-0.15, -0.1) is 0 Å². The van der Waals surface area contributed by atoms with Gasteiger partial charge in [0.2, 0.25) is 0 Å². The Morgan fingerprint density at radius 1 is 0.650 bits per heavy atom. The smallest absolute Gasteiger partial charge is 0.0559 e. The summed E-state index contributed by atoms with van der Waals surface area (Å²) >= 11 is 0. The molecule has 0 heterocycles. The average Bonchev–Trinajstić information content (AvgIpc) is 3.04. The molecule has 40 heavy (non-hydrogen) atoms. The van der Waals surface area contributed by atoms with E-state index in [1.54, 1.807) is 0 Å². The van der Waals surface area contributed by atoms with Crippen LogP contribution in [0.4, 0.5) is 17.1 Å². The number of hydrogen-bond acceptors (Lipinski definition) is 2. The molecule has 0 amide bonds. The molecule has 3 aliphatic carbocycles. The maximum Gasteiger partial charge on any atom is 0.0559 e. The first-order chi connectivity index (χ1) is 19.8. The Labute approximate surface area is 239 Å². The lowest BCUT2D eigenvalue weighted by Gasteiger charge is -2.34. The van der Waals surface area contributed by atoms with Crippen molar-refractivity contribution in [2.24, 2.45) is 0 Å². The molecular weight excluding hydrogens is 484 g/mol. The standard InChI is InChI=1S/C38H36N2/c1-5-13-33(14-6-1)39(34-15-7-2-8-16-34)37-27-23-31(24-28-37)21-22-32-25-29-38(30-26-32)40(35-17-9-3-10-18-35)36-19-11-4-12-20-36/h1-3,5-11,13-17,19-23,25-27,29-30,35H,4,12,18,24,28H2/b22-21+. The van der Waals surface area contributed by atoms with E-state index in [-0.39, 0.29) is 0 Å². The number of anilines is 3. The third-order valence-corrected chi connectivity index (χ3v) is 7.68. The zero-order valence-corrected chi connectivity index (χ0v) is 22.9. The number of hydrogen-bond donors (Lipinski definition) is 0. The summed E-state index contributed by atoms with van der Waals surface area (Å²) < 4.78 is 0. The van der Waals surface area contributed by atoms with Crippen LogP contribution in [0.25, 0.3) is 6.08 Å². The molecule has 0 spiro atoms. The number of para-hydroxylation sites is 2. The molecule has 6 rings (SSSR count). The van der Waals surface area contributed by atoms with E-state index in [1.165, 1.54) is 39.6 Å². The molecule has 1 atom stereocenters. The summed E-state index contributed by atoms with van der Waals surface area (Å²) in [6, 6.07) is 30.7. The van der Waals surface area contributed by atoms with Crippen molar-refractivity contribution < 1.29 is 0 Å². The molecule has 198 valence electrons. The van der Waals surface area contributed by atoms with Crippen molar-refractivity contribution in [1.82, 2.24) is 0 Å². The molecule has 3 aliphatic rings. The number of rotatable bonds is 8. The van der Waals surface area contributed by atoms with Crippen LogP contribution in [0.15, 0.2) is 163 Å². The highest BCUT2D eigenvalue weighted by Gasteiger charge is 2.20. The Morgan fingerprint density at radius 2 is 1.40 bits per heavy atom. The van der Waals surface area contributed by atoms with Crippen molar-refractivity contribution in [3.8, 4) is 0 Å². The lowest BCUT2D eigenvalue weighted by Crippen LogP contribution is -2.33. The molecule has 0 N–H and O–H groups in total. The van der Waals surface area contributed by atoms with Crippen LogP contribution >= 0.6 is 0 Å². The summed E-state index contributed by atoms with van der Waals surface area (Å²) in [6.45, 7) is 0. The molecule has 0 bridgehead atoms. The minimum absolute atomic E-state index is 0.347. The van der Waals surface area contributed by atoms with Crippen LogP contribution in [0.3, 0.4) is 0 Å². The van der Waals surface area contributed by atoms with Crippen LogP contribution in [0.1, 0.15) is 37.7 Å². The number of nitrogens with zero attached hydrogens (tertiary/aromatic N) is 2. The molecule has 0 saturated heterocycles. The maximum atomic E-state index is 2.48. The molecular formula is C38H36N2. The fraction of sp³-hybridized carbons (Fsp3) is 0.158. The summed E-state index contributed by atoms with van der Waals surface area (Å²) in [6.07, 6.45) is 30.2. The predicted molar refractivity (Wildman–Crippen MR) is 172 cm³/mol. The first-order valence-corrected chi connectivity index (χ1v) is 14.4. The first-order valence-electron chi connectivity index (χ1n) is 14.4. The summed E-state index contributed by atoms with van der Waals surface area (Å²) in [4.78, 5) is 4.85. The first kappa shape index (κ1) is 25.7. The zero-order valence-electron chi connectivity index (χ0n) is 22.9. The Hall–Kier alpha value is -4.56. The van der Waals surface area contributed by atoms with E-state index in [0.717, 1.165) is 32.1 Å². The van der Waals surface area contributed by atoms with Gasteiger partial charge in [0.05, 0.1) is 6.04 Å². The lowest BCUT2D eigenvalue weighted by molar-refractivity contribution is 0.755. The van der Waals surface area contributed by atoms with Gasteiger partial charge in [0.1, 0.15) is 0 Å². The Bertz CT molecular complexity index is 1460. The minimum Gasteiger partial charge on any atom is -0.335 e. The van der Waals surface area contributed by atoms with Crippen molar-refractivity contribution in [3.05, 3.63) is 168 Å². The summed E-state index contributed by atoms with van der Waals surface area (Å²) in [5, 5.41) is 0. The quantitative estimate of drug-likeness (QED) is 0.291. The van der Waals surface area contributed by atoms with Gasteiger partial charge in [0.25, 0.3) is 0 Å². The van der Waals surface area contributed by atoms with Gasteiger partial charge >= 0.3 is 0 Å². The molecule has 2 heteroatoms.